The van der Waals surface area contributed by atoms with Crippen LogP contribution in [0.3, 0.4) is 0 Å². The summed E-state index contributed by atoms with van der Waals surface area (Å²) in [5.41, 5.74) is 3.00. The van der Waals surface area contributed by atoms with Gasteiger partial charge >= 0.3 is 0 Å². The zero-order valence-electron chi connectivity index (χ0n) is 12.5. The van der Waals surface area contributed by atoms with Crippen molar-refractivity contribution in [2.75, 3.05) is 13.1 Å². The number of aryl methyl sites for hydroxylation is 1. The number of thiazole rings is 1. The van der Waals surface area contributed by atoms with Gasteiger partial charge in [-0.3, -0.25) is 0 Å². The third-order valence-electron chi connectivity index (χ3n) is 5.35. The number of rotatable bonds is 3. The number of hydrogen-bond acceptors (Lipinski definition) is 3. The number of nitrogens with one attached hydrogen (secondary N) is 1. The van der Waals surface area contributed by atoms with E-state index < -0.39 is 0 Å². The molecule has 1 aliphatic carbocycles. The molecule has 4 rings (SSSR count). The van der Waals surface area contributed by atoms with Gasteiger partial charge < -0.3 is 5.32 Å². The van der Waals surface area contributed by atoms with Gasteiger partial charge in [0.15, 0.2) is 0 Å². The van der Waals surface area contributed by atoms with Crippen molar-refractivity contribution < 1.29 is 0 Å². The highest BCUT2D eigenvalue weighted by Crippen LogP contribution is 2.69. The predicted molar refractivity (Wildman–Crippen MR) is 93.2 cm³/mol. The molecule has 1 saturated heterocycles. The molecule has 2 unspecified atom stereocenters. The van der Waals surface area contributed by atoms with E-state index in [1.54, 1.807) is 11.3 Å². The lowest BCUT2D eigenvalue weighted by atomic mass is 9.79. The molecule has 2 aliphatic rings. The second kappa shape index (κ2) is 5.20. The molecule has 116 valence electrons. The zero-order chi connectivity index (χ0) is 15.4. The largest absolute Gasteiger partial charge is 0.316 e. The van der Waals surface area contributed by atoms with Crippen LogP contribution in [-0.4, -0.2) is 18.1 Å². The first-order chi connectivity index (χ1) is 10.5. The van der Waals surface area contributed by atoms with Crippen molar-refractivity contribution in [3.05, 3.63) is 49.9 Å². The van der Waals surface area contributed by atoms with Gasteiger partial charge in [-0.15, -0.1) is 11.3 Å². The zero-order valence-corrected chi connectivity index (χ0v) is 14.8. The SMILES string of the molecule is Cc1csc(CC23CNCCC2(c2ccc(Cl)c(Cl)c2)C3)n1. The second-order valence-corrected chi connectivity index (χ2v) is 8.41. The lowest BCUT2D eigenvalue weighted by Gasteiger charge is -2.31. The normalized spacial score (nSPS) is 30.1. The van der Waals surface area contributed by atoms with Crippen LogP contribution >= 0.6 is 34.5 Å². The summed E-state index contributed by atoms with van der Waals surface area (Å²) in [6.07, 6.45) is 3.43. The predicted octanol–water partition coefficient (Wildman–Crippen LogP) is 4.62. The Hall–Kier alpha value is -0.610. The number of fused-ring (bicyclic) bond motifs is 1. The molecule has 2 heterocycles. The molecule has 1 aliphatic heterocycles. The van der Waals surface area contributed by atoms with E-state index in [9.17, 15) is 0 Å². The van der Waals surface area contributed by atoms with Crippen LogP contribution in [-0.2, 0) is 11.8 Å². The Morgan fingerprint density at radius 2 is 2.18 bits per heavy atom. The molecule has 1 saturated carbocycles. The Morgan fingerprint density at radius 3 is 2.91 bits per heavy atom. The minimum Gasteiger partial charge on any atom is -0.316 e. The van der Waals surface area contributed by atoms with Crippen molar-refractivity contribution in [2.45, 2.75) is 31.6 Å². The van der Waals surface area contributed by atoms with Gasteiger partial charge in [-0.1, -0.05) is 29.3 Å². The molecule has 2 aromatic rings. The Bertz CT molecular complexity index is 729. The highest BCUT2D eigenvalue weighted by molar-refractivity contribution is 7.09. The lowest BCUT2D eigenvalue weighted by Crippen LogP contribution is -2.39. The van der Waals surface area contributed by atoms with Gasteiger partial charge in [0.05, 0.1) is 15.1 Å². The molecule has 2 nitrogen and oxygen atoms in total. The molecule has 0 amide bonds. The Kier molecular flexibility index (Phi) is 3.53. The van der Waals surface area contributed by atoms with Gasteiger partial charge in [-0.05, 0) is 49.4 Å². The molecule has 0 spiro atoms. The fraction of sp³-hybridized carbons (Fsp3) is 0.471. The summed E-state index contributed by atoms with van der Waals surface area (Å²) in [5, 5.41) is 8.28. The summed E-state index contributed by atoms with van der Waals surface area (Å²) in [4.78, 5) is 4.68. The summed E-state index contributed by atoms with van der Waals surface area (Å²) in [6.45, 7) is 4.20. The van der Waals surface area contributed by atoms with Crippen molar-refractivity contribution in [1.82, 2.24) is 10.3 Å². The van der Waals surface area contributed by atoms with E-state index >= 15 is 0 Å². The molecule has 1 N–H and O–H groups in total. The first-order valence-electron chi connectivity index (χ1n) is 7.62. The van der Waals surface area contributed by atoms with Crippen molar-refractivity contribution >= 4 is 34.5 Å². The highest BCUT2D eigenvalue weighted by Gasteiger charge is 2.68. The number of aromatic nitrogens is 1. The van der Waals surface area contributed by atoms with Crippen LogP contribution in [0.4, 0.5) is 0 Å². The molecular weight excluding hydrogens is 335 g/mol. The standard InChI is InChI=1S/C17H18Cl2N2S/c1-11-8-22-15(21-11)7-16-9-17(16,4-5-20-10-16)12-2-3-13(18)14(19)6-12/h2-3,6,8,20H,4-5,7,9-10H2,1H3. The number of piperidine rings is 1. The molecule has 2 atom stereocenters. The molecule has 5 heteroatoms. The van der Waals surface area contributed by atoms with E-state index in [0.717, 1.165) is 31.6 Å². The molecule has 0 bridgehead atoms. The van der Waals surface area contributed by atoms with Crippen LogP contribution in [0.15, 0.2) is 23.6 Å². The molecule has 1 aromatic carbocycles. The van der Waals surface area contributed by atoms with Gasteiger partial charge in [0.25, 0.3) is 0 Å². The van der Waals surface area contributed by atoms with Crippen molar-refractivity contribution in [3.8, 4) is 0 Å². The van der Waals surface area contributed by atoms with Crippen LogP contribution in [0.1, 0.15) is 29.1 Å². The van der Waals surface area contributed by atoms with Crippen LogP contribution in [0, 0.1) is 12.3 Å². The molecule has 1 aromatic heterocycles. The van der Waals surface area contributed by atoms with E-state index in [0.29, 0.717) is 10.0 Å². The topological polar surface area (TPSA) is 24.9 Å². The van der Waals surface area contributed by atoms with E-state index in [4.69, 9.17) is 23.2 Å². The molecule has 0 radical (unpaired) electrons. The Balaban J connectivity index is 1.69. The van der Waals surface area contributed by atoms with Crippen molar-refractivity contribution in [1.29, 1.82) is 0 Å². The van der Waals surface area contributed by atoms with Gasteiger partial charge in [0, 0.05) is 29.5 Å². The summed E-state index contributed by atoms with van der Waals surface area (Å²) in [6, 6.07) is 6.17. The van der Waals surface area contributed by atoms with Gasteiger partial charge in [-0.25, -0.2) is 4.98 Å². The highest BCUT2D eigenvalue weighted by atomic mass is 35.5. The first kappa shape index (κ1) is 14.9. The third kappa shape index (κ3) is 2.22. The molecule has 22 heavy (non-hydrogen) atoms. The Morgan fingerprint density at radius 1 is 1.32 bits per heavy atom. The van der Waals surface area contributed by atoms with E-state index in [-0.39, 0.29) is 10.8 Å². The summed E-state index contributed by atoms with van der Waals surface area (Å²) < 4.78 is 0. The van der Waals surface area contributed by atoms with Crippen LogP contribution < -0.4 is 5.32 Å². The maximum Gasteiger partial charge on any atom is 0.0934 e. The van der Waals surface area contributed by atoms with E-state index in [2.05, 4.69) is 34.7 Å². The maximum atomic E-state index is 6.26. The number of hydrogen-bond donors (Lipinski definition) is 1. The average molecular weight is 353 g/mol. The number of nitrogens with zero attached hydrogens (tertiary/aromatic N) is 1. The first-order valence-corrected chi connectivity index (χ1v) is 9.26. The van der Waals surface area contributed by atoms with E-state index in [1.165, 1.54) is 17.0 Å². The lowest BCUT2D eigenvalue weighted by molar-refractivity contribution is 0.319. The Labute approximate surface area is 144 Å². The van der Waals surface area contributed by atoms with Crippen molar-refractivity contribution in [2.24, 2.45) is 5.41 Å². The minimum atomic E-state index is 0.242. The fourth-order valence-corrected chi connectivity index (χ4v) is 5.38. The maximum absolute atomic E-state index is 6.26. The summed E-state index contributed by atoms with van der Waals surface area (Å²) in [5.74, 6) is 0. The van der Waals surface area contributed by atoms with Gasteiger partial charge in [0.2, 0.25) is 0 Å². The number of halogens is 2. The average Bonchev–Trinajstić information content (AvgIpc) is 3.01. The molecule has 2 fully saturated rings. The number of benzene rings is 1. The van der Waals surface area contributed by atoms with Crippen LogP contribution in [0.2, 0.25) is 10.0 Å². The van der Waals surface area contributed by atoms with Gasteiger partial charge in [0.1, 0.15) is 0 Å². The summed E-state index contributed by atoms with van der Waals surface area (Å²) >= 11 is 14.1. The van der Waals surface area contributed by atoms with Gasteiger partial charge in [-0.2, -0.15) is 0 Å². The second-order valence-electron chi connectivity index (χ2n) is 6.65. The molecular formula is C17H18Cl2N2S. The minimum absolute atomic E-state index is 0.242. The monoisotopic (exact) mass is 352 g/mol. The van der Waals surface area contributed by atoms with Crippen LogP contribution in [0.25, 0.3) is 0 Å². The quantitative estimate of drug-likeness (QED) is 0.871. The third-order valence-corrected chi connectivity index (χ3v) is 7.06. The van der Waals surface area contributed by atoms with E-state index in [1.807, 2.05) is 6.07 Å². The fourth-order valence-electron chi connectivity index (χ4n) is 4.16. The smallest absolute Gasteiger partial charge is 0.0934 e. The van der Waals surface area contributed by atoms with Crippen molar-refractivity contribution in [3.63, 3.8) is 0 Å². The van der Waals surface area contributed by atoms with Crippen LogP contribution in [0.5, 0.6) is 0 Å². The summed E-state index contributed by atoms with van der Waals surface area (Å²) in [7, 11) is 0.